The number of aliphatic carboxylic acids is 1. The minimum Gasteiger partial charge on any atom is -0.480 e. The topological polar surface area (TPSA) is 110 Å². The van der Waals surface area contributed by atoms with Crippen molar-refractivity contribution in [1.82, 2.24) is 0 Å². The van der Waals surface area contributed by atoms with Crippen LogP contribution in [0.5, 0.6) is 0 Å². The van der Waals surface area contributed by atoms with Crippen LogP contribution in [0.1, 0.15) is 36.0 Å². The van der Waals surface area contributed by atoms with E-state index in [-0.39, 0.29) is 17.2 Å². The summed E-state index contributed by atoms with van der Waals surface area (Å²) >= 11 is 1.09. The molecule has 1 heterocycles. The van der Waals surface area contributed by atoms with Gasteiger partial charge in [0.15, 0.2) is 5.25 Å². The molecule has 2 N–H and O–H groups in total. The quantitative estimate of drug-likeness (QED) is 0.734. The Bertz CT molecular complexity index is 634. The van der Waals surface area contributed by atoms with Crippen LogP contribution in [0.15, 0.2) is 6.07 Å². The fourth-order valence-electron chi connectivity index (χ4n) is 1.40. The van der Waals surface area contributed by atoms with Crippen molar-refractivity contribution in [2.45, 2.75) is 32.4 Å². The molecule has 118 valence electrons. The second-order valence-electron chi connectivity index (χ2n) is 4.16. The van der Waals surface area contributed by atoms with Gasteiger partial charge in [0, 0.05) is 4.88 Å². The highest BCUT2D eigenvalue weighted by molar-refractivity contribution is 7.94. The van der Waals surface area contributed by atoms with Crippen molar-refractivity contribution in [3.05, 3.63) is 16.5 Å². The fraction of sp³-hybridized carbons (Fsp3) is 0.500. The van der Waals surface area contributed by atoms with Crippen LogP contribution in [0.3, 0.4) is 0 Å². The number of thiophene rings is 1. The molecule has 0 saturated carbocycles. The first-order valence-electron chi connectivity index (χ1n) is 6.27. The molecule has 0 amide bonds. The number of anilines is 1. The van der Waals surface area contributed by atoms with Gasteiger partial charge in [-0.25, -0.2) is 13.2 Å². The van der Waals surface area contributed by atoms with Crippen LogP contribution < -0.4 is 4.72 Å². The van der Waals surface area contributed by atoms with E-state index in [2.05, 4.69) is 4.72 Å². The lowest BCUT2D eigenvalue weighted by Crippen LogP contribution is -2.32. The van der Waals surface area contributed by atoms with E-state index in [9.17, 15) is 18.0 Å². The van der Waals surface area contributed by atoms with Crippen LogP contribution in [-0.4, -0.2) is 37.3 Å². The van der Waals surface area contributed by atoms with E-state index >= 15 is 0 Å². The minimum absolute atomic E-state index is 0.0819. The van der Waals surface area contributed by atoms with Gasteiger partial charge in [-0.1, -0.05) is 6.92 Å². The molecule has 1 aromatic rings. The number of esters is 1. The number of carboxylic acids is 1. The minimum atomic E-state index is -4.13. The molecule has 0 aliphatic rings. The molecule has 0 aliphatic carbocycles. The van der Waals surface area contributed by atoms with Crippen LogP contribution in [0, 0.1) is 0 Å². The summed E-state index contributed by atoms with van der Waals surface area (Å²) in [6.45, 7) is 4.72. The normalized spacial score (nSPS) is 12.7. The van der Waals surface area contributed by atoms with Crippen molar-refractivity contribution in [3.63, 3.8) is 0 Å². The van der Waals surface area contributed by atoms with Gasteiger partial charge in [0.05, 0.1) is 12.2 Å². The fourth-order valence-corrected chi connectivity index (χ4v) is 3.56. The zero-order valence-corrected chi connectivity index (χ0v) is 13.5. The van der Waals surface area contributed by atoms with Crippen molar-refractivity contribution in [1.29, 1.82) is 0 Å². The Balaban J connectivity index is 3.15. The number of sulfonamides is 1. The number of carboxylic acid groups (broad SMARTS) is 1. The molecule has 0 saturated heterocycles. The number of hydrogen-bond donors (Lipinski definition) is 2. The first-order chi connectivity index (χ1) is 9.72. The number of aryl methyl sites for hydroxylation is 1. The summed E-state index contributed by atoms with van der Waals surface area (Å²) in [5.41, 5.74) is 0.0971. The molecule has 0 spiro atoms. The summed E-state index contributed by atoms with van der Waals surface area (Å²) in [4.78, 5) is 23.4. The Morgan fingerprint density at radius 3 is 2.52 bits per heavy atom. The Morgan fingerprint density at radius 2 is 2.05 bits per heavy atom. The Hall–Kier alpha value is -1.61. The Kier molecular flexibility index (Phi) is 5.73. The smallest absolute Gasteiger partial charge is 0.341 e. The first-order valence-corrected chi connectivity index (χ1v) is 8.63. The number of carbonyl (C=O) groups is 2. The van der Waals surface area contributed by atoms with E-state index in [4.69, 9.17) is 9.84 Å². The lowest BCUT2D eigenvalue weighted by molar-refractivity contribution is -0.136. The summed E-state index contributed by atoms with van der Waals surface area (Å²) in [5, 5.41) is 7.26. The summed E-state index contributed by atoms with van der Waals surface area (Å²) in [5.74, 6) is -2.11. The third-order valence-corrected chi connectivity index (χ3v) is 5.62. The van der Waals surface area contributed by atoms with Gasteiger partial charge in [0.1, 0.15) is 5.00 Å². The highest BCUT2D eigenvalue weighted by Crippen LogP contribution is 2.30. The maximum Gasteiger partial charge on any atom is 0.341 e. The van der Waals surface area contributed by atoms with Crippen molar-refractivity contribution in [2.75, 3.05) is 11.3 Å². The van der Waals surface area contributed by atoms with Crippen LogP contribution in [0.25, 0.3) is 0 Å². The second-order valence-corrected chi connectivity index (χ2v) is 7.30. The maximum absolute atomic E-state index is 11.9. The molecule has 1 rings (SSSR count). The highest BCUT2D eigenvalue weighted by Gasteiger charge is 2.30. The number of carbonyl (C=O) groups excluding carboxylic acids is 1. The summed E-state index contributed by atoms with van der Waals surface area (Å²) in [6, 6.07) is 1.55. The molecule has 1 aromatic heterocycles. The predicted molar refractivity (Wildman–Crippen MR) is 79.3 cm³/mol. The van der Waals surface area contributed by atoms with Crippen LogP contribution in [0.4, 0.5) is 5.00 Å². The van der Waals surface area contributed by atoms with E-state index in [1.54, 1.807) is 13.0 Å². The number of nitrogens with one attached hydrogen (secondary N) is 1. The molecule has 0 radical (unpaired) electrons. The van der Waals surface area contributed by atoms with Gasteiger partial charge < -0.3 is 9.84 Å². The third-order valence-electron chi connectivity index (χ3n) is 2.68. The van der Waals surface area contributed by atoms with Crippen molar-refractivity contribution >= 4 is 38.3 Å². The predicted octanol–water partition coefficient (Wildman–Crippen LogP) is 1.70. The van der Waals surface area contributed by atoms with Gasteiger partial charge in [-0.2, -0.15) is 0 Å². The van der Waals surface area contributed by atoms with Crippen molar-refractivity contribution in [3.8, 4) is 0 Å². The van der Waals surface area contributed by atoms with Gasteiger partial charge in [-0.3, -0.25) is 9.52 Å². The van der Waals surface area contributed by atoms with Gasteiger partial charge in [0.2, 0.25) is 10.0 Å². The largest absolute Gasteiger partial charge is 0.480 e. The molecule has 21 heavy (non-hydrogen) atoms. The van der Waals surface area contributed by atoms with E-state index in [1.807, 2.05) is 6.92 Å². The molecule has 0 aliphatic heterocycles. The van der Waals surface area contributed by atoms with Crippen molar-refractivity contribution in [2.24, 2.45) is 0 Å². The third kappa shape index (κ3) is 4.18. The summed E-state index contributed by atoms with van der Waals surface area (Å²) < 4.78 is 30.9. The van der Waals surface area contributed by atoms with Crippen LogP contribution in [0.2, 0.25) is 0 Å². The molecular formula is C12H17NO6S2. The number of hydrogen-bond acceptors (Lipinski definition) is 6. The van der Waals surface area contributed by atoms with Crippen molar-refractivity contribution < 1.29 is 27.9 Å². The first kappa shape index (κ1) is 17.4. The van der Waals surface area contributed by atoms with Gasteiger partial charge in [-0.15, -0.1) is 11.3 Å². The molecular weight excluding hydrogens is 318 g/mol. The van der Waals surface area contributed by atoms with Crippen LogP contribution in [-0.2, 0) is 26.0 Å². The monoisotopic (exact) mass is 335 g/mol. The molecule has 0 aromatic carbocycles. The molecule has 0 fully saturated rings. The summed E-state index contributed by atoms with van der Waals surface area (Å²) in [6.07, 6.45) is 0.618. The molecule has 0 bridgehead atoms. The van der Waals surface area contributed by atoms with E-state index in [1.165, 1.54) is 0 Å². The number of ether oxygens (including phenoxy) is 1. The van der Waals surface area contributed by atoms with Gasteiger partial charge >= 0.3 is 11.9 Å². The van der Waals surface area contributed by atoms with Gasteiger partial charge in [0.25, 0.3) is 0 Å². The zero-order valence-electron chi connectivity index (χ0n) is 11.9. The highest BCUT2D eigenvalue weighted by atomic mass is 32.2. The summed E-state index contributed by atoms with van der Waals surface area (Å²) in [7, 11) is -4.13. The number of rotatable bonds is 7. The maximum atomic E-state index is 11.9. The molecule has 7 nitrogen and oxygen atoms in total. The lowest BCUT2D eigenvalue weighted by Gasteiger charge is -2.11. The van der Waals surface area contributed by atoms with E-state index < -0.39 is 27.2 Å². The standard InChI is InChI=1S/C12H17NO6S2/c1-4-8-6-9(12(16)19-5-2)10(20-8)13-21(17,18)7(3)11(14)15/h6-7,13H,4-5H2,1-3H3,(H,14,15). The second kappa shape index (κ2) is 6.90. The molecule has 1 atom stereocenters. The molecule has 1 unspecified atom stereocenters. The van der Waals surface area contributed by atoms with E-state index in [0.717, 1.165) is 23.1 Å². The lowest BCUT2D eigenvalue weighted by atomic mass is 10.2. The average molecular weight is 335 g/mol. The average Bonchev–Trinajstić information content (AvgIpc) is 2.80. The Labute approximate surface area is 127 Å². The zero-order chi connectivity index (χ0) is 16.2. The van der Waals surface area contributed by atoms with E-state index in [0.29, 0.717) is 6.42 Å². The molecule has 9 heteroatoms. The SMILES string of the molecule is CCOC(=O)c1cc(CC)sc1NS(=O)(=O)C(C)C(=O)O. The van der Waals surface area contributed by atoms with Crippen LogP contribution >= 0.6 is 11.3 Å². The Morgan fingerprint density at radius 1 is 1.43 bits per heavy atom. The van der Waals surface area contributed by atoms with Gasteiger partial charge in [-0.05, 0) is 26.3 Å².